The maximum absolute atomic E-state index is 3.48. The SMILES string of the molecule is C=CC=C.C=CCC.CC.CN1CCCCC1. The van der Waals surface area contributed by atoms with Gasteiger partial charge < -0.3 is 4.90 Å². The van der Waals surface area contributed by atoms with E-state index >= 15 is 0 Å². The molecule has 0 radical (unpaired) electrons. The van der Waals surface area contributed by atoms with Crippen molar-refractivity contribution in [3.05, 3.63) is 38.0 Å². The van der Waals surface area contributed by atoms with Crippen LogP contribution in [-0.2, 0) is 0 Å². The van der Waals surface area contributed by atoms with Crippen molar-refractivity contribution in [3.63, 3.8) is 0 Å². The molecule has 0 unspecified atom stereocenters. The molecule has 1 rings (SSSR count). The van der Waals surface area contributed by atoms with Crippen molar-refractivity contribution in [2.45, 2.75) is 46.5 Å². The number of hydrogen-bond donors (Lipinski definition) is 0. The first-order valence-corrected chi connectivity index (χ1v) is 6.75. The van der Waals surface area contributed by atoms with Crippen LogP contribution in [0.25, 0.3) is 0 Å². The standard InChI is InChI=1S/C6H13N.C4H8.C4H6.C2H6/c1-7-5-3-2-4-6-7;2*1-3-4-2;1-2/h2-6H2,1H3;3H,1,4H2,2H3;3-4H,1-2H2;1-2H3. The number of nitrogens with zero attached hydrogens (tertiary/aromatic N) is 1. The van der Waals surface area contributed by atoms with E-state index in [4.69, 9.17) is 0 Å². The van der Waals surface area contributed by atoms with Crippen LogP contribution in [0.2, 0.25) is 0 Å². The Kier molecular flexibility index (Phi) is 30.8. The molecule has 1 heteroatoms. The van der Waals surface area contributed by atoms with Crippen molar-refractivity contribution in [3.8, 4) is 0 Å². The molecule has 0 bridgehead atoms. The van der Waals surface area contributed by atoms with Crippen LogP contribution < -0.4 is 0 Å². The zero-order valence-corrected chi connectivity index (χ0v) is 12.5. The third-order valence-corrected chi connectivity index (χ3v) is 2.04. The van der Waals surface area contributed by atoms with Gasteiger partial charge in [-0.25, -0.2) is 0 Å². The van der Waals surface area contributed by atoms with E-state index in [9.17, 15) is 0 Å². The lowest BCUT2D eigenvalue weighted by molar-refractivity contribution is 0.277. The lowest BCUT2D eigenvalue weighted by Gasteiger charge is -2.20. The van der Waals surface area contributed by atoms with Gasteiger partial charge in [0.2, 0.25) is 0 Å². The van der Waals surface area contributed by atoms with Gasteiger partial charge in [0.25, 0.3) is 0 Å². The average molecular weight is 239 g/mol. The summed E-state index contributed by atoms with van der Waals surface area (Å²) in [5, 5.41) is 0. The normalized spacial score (nSPS) is 13.4. The van der Waals surface area contributed by atoms with Gasteiger partial charge in [0.05, 0.1) is 0 Å². The largest absolute Gasteiger partial charge is 0.306 e. The highest BCUT2D eigenvalue weighted by Crippen LogP contribution is 2.04. The van der Waals surface area contributed by atoms with Gasteiger partial charge in [-0.1, -0.05) is 58.6 Å². The lowest BCUT2D eigenvalue weighted by Crippen LogP contribution is -2.24. The van der Waals surface area contributed by atoms with Crippen molar-refractivity contribution in [1.82, 2.24) is 4.90 Å². The third-order valence-electron chi connectivity index (χ3n) is 2.04. The first-order valence-electron chi connectivity index (χ1n) is 6.75. The summed E-state index contributed by atoms with van der Waals surface area (Å²) in [7, 11) is 2.19. The van der Waals surface area contributed by atoms with Crippen LogP contribution in [0.1, 0.15) is 46.5 Å². The highest BCUT2D eigenvalue weighted by Gasteiger charge is 2.02. The Labute approximate surface area is 110 Å². The molecule has 0 aromatic carbocycles. The van der Waals surface area contributed by atoms with E-state index in [2.05, 4.69) is 38.6 Å². The Morgan fingerprint density at radius 3 is 1.41 bits per heavy atom. The summed E-state index contributed by atoms with van der Waals surface area (Å²) in [5.41, 5.74) is 0. The first kappa shape index (κ1) is 21.5. The van der Waals surface area contributed by atoms with E-state index in [1.54, 1.807) is 12.2 Å². The highest BCUT2D eigenvalue weighted by molar-refractivity contribution is 4.88. The van der Waals surface area contributed by atoms with Gasteiger partial charge in [-0.15, -0.1) is 6.58 Å². The van der Waals surface area contributed by atoms with E-state index in [-0.39, 0.29) is 0 Å². The van der Waals surface area contributed by atoms with Crippen LogP contribution in [0, 0.1) is 0 Å². The predicted octanol–water partition coefficient (Wildman–Crippen LogP) is 5.07. The molecule has 102 valence electrons. The summed E-state index contributed by atoms with van der Waals surface area (Å²) in [6.07, 6.45) is 10.5. The highest BCUT2D eigenvalue weighted by atomic mass is 15.1. The van der Waals surface area contributed by atoms with Gasteiger partial charge in [-0.3, -0.25) is 0 Å². The maximum atomic E-state index is 3.48. The second kappa shape index (κ2) is 24.4. The van der Waals surface area contributed by atoms with Crippen molar-refractivity contribution in [2.24, 2.45) is 0 Å². The fraction of sp³-hybridized carbons (Fsp3) is 0.625. The first-order chi connectivity index (χ1) is 8.22. The summed E-state index contributed by atoms with van der Waals surface area (Å²) in [5.74, 6) is 0. The van der Waals surface area contributed by atoms with Gasteiger partial charge >= 0.3 is 0 Å². The summed E-state index contributed by atoms with van der Waals surface area (Å²) in [6, 6.07) is 0. The van der Waals surface area contributed by atoms with E-state index in [0.29, 0.717) is 0 Å². The van der Waals surface area contributed by atoms with Crippen LogP contribution in [-0.4, -0.2) is 25.0 Å². The van der Waals surface area contributed by atoms with Crippen molar-refractivity contribution < 1.29 is 0 Å². The minimum atomic E-state index is 1.08. The fourth-order valence-electron chi connectivity index (χ4n) is 1.05. The smallest absolute Gasteiger partial charge is 0.00218 e. The minimum absolute atomic E-state index is 1.08. The second-order valence-corrected chi connectivity index (χ2v) is 3.53. The predicted molar refractivity (Wildman–Crippen MR) is 83.6 cm³/mol. The number of piperidine rings is 1. The fourth-order valence-corrected chi connectivity index (χ4v) is 1.05. The van der Waals surface area contributed by atoms with Crippen LogP contribution >= 0.6 is 0 Å². The minimum Gasteiger partial charge on any atom is -0.306 e. The van der Waals surface area contributed by atoms with Gasteiger partial charge in [-0.05, 0) is 39.4 Å². The molecule has 0 aromatic heterocycles. The van der Waals surface area contributed by atoms with Crippen molar-refractivity contribution in [1.29, 1.82) is 0 Å². The monoisotopic (exact) mass is 239 g/mol. The average Bonchev–Trinajstić information content (AvgIpc) is 2.42. The lowest BCUT2D eigenvalue weighted by atomic mass is 10.1. The van der Waals surface area contributed by atoms with Gasteiger partial charge in [0, 0.05) is 0 Å². The second-order valence-electron chi connectivity index (χ2n) is 3.53. The molecule has 0 aliphatic carbocycles. The van der Waals surface area contributed by atoms with Gasteiger partial charge in [-0.2, -0.15) is 0 Å². The molecule has 0 aromatic rings. The quantitative estimate of drug-likeness (QED) is 0.480. The van der Waals surface area contributed by atoms with Gasteiger partial charge in [0.1, 0.15) is 0 Å². The van der Waals surface area contributed by atoms with Crippen molar-refractivity contribution >= 4 is 0 Å². The van der Waals surface area contributed by atoms with Crippen molar-refractivity contribution in [2.75, 3.05) is 20.1 Å². The summed E-state index contributed by atoms with van der Waals surface area (Å²) in [6.45, 7) is 18.9. The number of likely N-dealkylation sites (tertiary alicyclic amines) is 1. The Morgan fingerprint density at radius 1 is 0.941 bits per heavy atom. The van der Waals surface area contributed by atoms with E-state index in [1.807, 2.05) is 19.9 Å². The molecule has 17 heavy (non-hydrogen) atoms. The molecular formula is C16H33N. The topological polar surface area (TPSA) is 3.24 Å². The zero-order valence-electron chi connectivity index (χ0n) is 12.5. The Balaban J connectivity index is -0.000000172. The number of allylic oxidation sites excluding steroid dienone is 3. The Bertz CT molecular complexity index is 138. The number of hydrogen-bond acceptors (Lipinski definition) is 1. The molecule has 1 aliphatic rings. The molecule has 0 saturated carbocycles. The molecule has 0 N–H and O–H groups in total. The number of rotatable bonds is 2. The van der Waals surface area contributed by atoms with Crippen LogP contribution in [0.15, 0.2) is 38.0 Å². The molecular weight excluding hydrogens is 206 g/mol. The maximum Gasteiger partial charge on any atom is -0.00218 e. The summed E-state index contributed by atoms with van der Waals surface area (Å²) >= 11 is 0. The molecule has 1 fully saturated rings. The van der Waals surface area contributed by atoms with Crippen LogP contribution in [0.5, 0.6) is 0 Å². The van der Waals surface area contributed by atoms with E-state index < -0.39 is 0 Å². The molecule has 0 spiro atoms. The molecule has 0 atom stereocenters. The molecule has 1 nitrogen and oxygen atoms in total. The van der Waals surface area contributed by atoms with Gasteiger partial charge in [0.15, 0.2) is 0 Å². The molecule has 0 amide bonds. The van der Waals surface area contributed by atoms with E-state index in [0.717, 1.165) is 6.42 Å². The summed E-state index contributed by atoms with van der Waals surface area (Å²) < 4.78 is 0. The van der Waals surface area contributed by atoms with E-state index in [1.165, 1.54) is 32.4 Å². The molecule has 1 aliphatic heterocycles. The zero-order chi connectivity index (χ0) is 13.9. The Hall–Kier alpha value is -0.820. The summed E-state index contributed by atoms with van der Waals surface area (Å²) in [4.78, 5) is 2.39. The molecule has 1 saturated heterocycles. The van der Waals surface area contributed by atoms with Crippen LogP contribution in [0.4, 0.5) is 0 Å². The Morgan fingerprint density at radius 2 is 1.29 bits per heavy atom. The third kappa shape index (κ3) is 31.3. The van der Waals surface area contributed by atoms with Crippen LogP contribution in [0.3, 0.4) is 0 Å². The molecule has 1 heterocycles.